The van der Waals surface area contributed by atoms with E-state index in [1.807, 2.05) is 31.2 Å². The van der Waals surface area contributed by atoms with E-state index < -0.39 is 0 Å². The van der Waals surface area contributed by atoms with Crippen LogP contribution in [0.2, 0.25) is 0 Å². The molecule has 0 saturated heterocycles. The number of fused-ring (bicyclic) bond motifs is 1. The molecule has 3 heteroatoms. The number of rotatable bonds is 2. The number of amides is 1. The highest BCUT2D eigenvalue weighted by Crippen LogP contribution is 2.20. The molecule has 2 aromatic rings. The first-order valence-electron chi connectivity index (χ1n) is 5.71. The van der Waals surface area contributed by atoms with E-state index >= 15 is 0 Å². The number of hydrogen-bond donors (Lipinski definition) is 1. The minimum Gasteiger partial charge on any atom is -0.348 e. The monoisotopic (exact) mass is 228 g/mol. The van der Waals surface area contributed by atoms with Crippen LogP contribution < -0.4 is 5.32 Å². The molecule has 1 amide bonds. The number of carbonyl (C=O) groups excluding carboxylic acids is 1. The summed E-state index contributed by atoms with van der Waals surface area (Å²) in [4.78, 5) is 15.6. The highest BCUT2D eigenvalue weighted by molar-refractivity contribution is 5.82. The molecule has 1 aromatic heterocycles. The fourth-order valence-corrected chi connectivity index (χ4v) is 1.98. The molecule has 1 atom stereocenters. The van der Waals surface area contributed by atoms with E-state index in [2.05, 4.69) is 23.3 Å². The summed E-state index contributed by atoms with van der Waals surface area (Å²) in [7, 11) is 0. The van der Waals surface area contributed by atoms with Gasteiger partial charge in [0.1, 0.15) is 0 Å². The molecule has 2 rings (SSSR count). The van der Waals surface area contributed by atoms with Gasteiger partial charge in [0, 0.05) is 12.3 Å². The van der Waals surface area contributed by atoms with Gasteiger partial charge in [0.05, 0.1) is 17.3 Å². The molecule has 17 heavy (non-hydrogen) atoms. The van der Waals surface area contributed by atoms with Crippen molar-refractivity contribution in [2.75, 3.05) is 0 Å². The van der Waals surface area contributed by atoms with Crippen molar-refractivity contribution >= 4 is 16.8 Å². The Bertz CT molecular complexity index is 563. The molecule has 0 aliphatic rings. The lowest BCUT2D eigenvalue weighted by molar-refractivity contribution is -0.119. The van der Waals surface area contributed by atoms with Crippen LogP contribution in [0, 0.1) is 6.92 Å². The number of benzene rings is 1. The molecule has 0 bridgehead atoms. The van der Waals surface area contributed by atoms with E-state index in [1.165, 1.54) is 12.5 Å². The predicted molar refractivity (Wildman–Crippen MR) is 68.7 cm³/mol. The van der Waals surface area contributed by atoms with Gasteiger partial charge in [0.2, 0.25) is 5.91 Å². The van der Waals surface area contributed by atoms with Gasteiger partial charge in [-0.1, -0.05) is 18.2 Å². The van der Waals surface area contributed by atoms with E-state index in [9.17, 15) is 4.79 Å². The van der Waals surface area contributed by atoms with E-state index in [-0.39, 0.29) is 11.9 Å². The first-order valence-corrected chi connectivity index (χ1v) is 5.71. The fourth-order valence-electron chi connectivity index (χ4n) is 1.98. The number of para-hydroxylation sites is 1. The summed E-state index contributed by atoms with van der Waals surface area (Å²) in [5, 5.41) is 4.01. The van der Waals surface area contributed by atoms with E-state index in [0.29, 0.717) is 0 Å². The summed E-state index contributed by atoms with van der Waals surface area (Å²) < 4.78 is 0. The molecular formula is C14H16N2O. The summed E-state index contributed by atoms with van der Waals surface area (Å²) in [6.07, 6.45) is 0. The lowest BCUT2D eigenvalue weighted by Crippen LogP contribution is -2.24. The average molecular weight is 228 g/mol. The van der Waals surface area contributed by atoms with Crippen molar-refractivity contribution in [2.45, 2.75) is 26.8 Å². The molecule has 0 unspecified atom stereocenters. The van der Waals surface area contributed by atoms with E-state index in [1.54, 1.807) is 0 Å². The molecule has 88 valence electrons. The number of aromatic nitrogens is 1. The number of aryl methyl sites for hydroxylation is 1. The molecule has 3 nitrogen and oxygen atoms in total. The Morgan fingerprint density at radius 1 is 1.35 bits per heavy atom. The third-order valence-corrected chi connectivity index (χ3v) is 2.81. The molecule has 0 aliphatic heterocycles. The van der Waals surface area contributed by atoms with Crippen LogP contribution >= 0.6 is 0 Å². The smallest absolute Gasteiger partial charge is 0.217 e. The zero-order valence-electron chi connectivity index (χ0n) is 10.3. The van der Waals surface area contributed by atoms with Gasteiger partial charge < -0.3 is 5.32 Å². The topological polar surface area (TPSA) is 42.0 Å². The fraction of sp³-hybridized carbons (Fsp3) is 0.286. The second-order valence-electron chi connectivity index (χ2n) is 4.30. The third kappa shape index (κ3) is 2.44. The van der Waals surface area contributed by atoms with Gasteiger partial charge >= 0.3 is 0 Å². The first kappa shape index (κ1) is 11.6. The van der Waals surface area contributed by atoms with E-state index in [4.69, 9.17) is 0 Å². The number of pyridine rings is 1. The van der Waals surface area contributed by atoms with Gasteiger partial charge in [-0.05, 0) is 31.5 Å². The van der Waals surface area contributed by atoms with Crippen molar-refractivity contribution in [3.8, 4) is 0 Å². The summed E-state index contributed by atoms with van der Waals surface area (Å²) in [6, 6.07) is 10.0. The van der Waals surface area contributed by atoms with Gasteiger partial charge in [-0.25, -0.2) is 0 Å². The van der Waals surface area contributed by atoms with Gasteiger partial charge in [0.25, 0.3) is 0 Å². The standard InChI is InChI=1S/C14H16N2O/c1-9-8-14(10(2)15-11(3)17)16-13-7-5-4-6-12(9)13/h4-8,10H,1-3H3,(H,15,17)/t10-/m0/s1. The molecule has 0 saturated carbocycles. The van der Waals surface area contributed by atoms with Crippen molar-refractivity contribution in [3.05, 3.63) is 41.6 Å². The SMILES string of the molecule is CC(=O)N[C@@H](C)c1cc(C)c2ccccc2n1. The van der Waals surface area contributed by atoms with Gasteiger partial charge in [-0.3, -0.25) is 9.78 Å². The number of nitrogens with one attached hydrogen (secondary N) is 1. The molecule has 0 aliphatic carbocycles. The molecule has 1 aromatic carbocycles. The van der Waals surface area contributed by atoms with Gasteiger partial charge in [0.15, 0.2) is 0 Å². The Labute approximate surface area is 101 Å². The Balaban J connectivity index is 2.46. The highest BCUT2D eigenvalue weighted by atomic mass is 16.1. The zero-order valence-corrected chi connectivity index (χ0v) is 10.3. The van der Waals surface area contributed by atoms with Crippen molar-refractivity contribution in [1.82, 2.24) is 10.3 Å². The first-order chi connectivity index (χ1) is 8.08. The number of carbonyl (C=O) groups is 1. The van der Waals surface area contributed by atoms with Crippen LogP contribution in [-0.2, 0) is 4.79 Å². The predicted octanol–water partition coefficient (Wildman–Crippen LogP) is 2.74. The van der Waals surface area contributed by atoms with Crippen molar-refractivity contribution in [3.63, 3.8) is 0 Å². The minimum atomic E-state index is -0.0594. The third-order valence-electron chi connectivity index (χ3n) is 2.81. The molecule has 1 heterocycles. The summed E-state index contributed by atoms with van der Waals surface area (Å²) >= 11 is 0. The average Bonchev–Trinajstić information content (AvgIpc) is 2.28. The summed E-state index contributed by atoms with van der Waals surface area (Å²) in [5.74, 6) is -0.0369. The van der Waals surface area contributed by atoms with Crippen molar-refractivity contribution < 1.29 is 4.79 Å². The van der Waals surface area contributed by atoms with E-state index in [0.717, 1.165) is 16.6 Å². The molecule has 0 radical (unpaired) electrons. The normalized spacial score (nSPS) is 12.4. The van der Waals surface area contributed by atoms with Crippen LogP contribution in [0.3, 0.4) is 0 Å². The Kier molecular flexibility index (Phi) is 3.09. The van der Waals surface area contributed by atoms with Crippen LogP contribution in [0.5, 0.6) is 0 Å². The minimum absolute atomic E-state index is 0.0369. The largest absolute Gasteiger partial charge is 0.348 e. The maximum Gasteiger partial charge on any atom is 0.217 e. The molecule has 0 spiro atoms. The zero-order chi connectivity index (χ0) is 12.4. The summed E-state index contributed by atoms with van der Waals surface area (Å²) in [5.41, 5.74) is 3.05. The van der Waals surface area contributed by atoms with Crippen molar-refractivity contribution in [1.29, 1.82) is 0 Å². The van der Waals surface area contributed by atoms with Crippen LogP contribution in [0.15, 0.2) is 30.3 Å². The molecular weight excluding hydrogens is 212 g/mol. The van der Waals surface area contributed by atoms with Gasteiger partial charge in [-0.2, -0.15) is 0 Å². The number of nitrogens with zero attached hydrogens (tertiary/aromatic N) is 1. The van der Waals surface area contributed by atoms with Crippen LogP contribution in [0.1, 0.15) is 31.1 Å². The Morgan fingerprint density at radius 2 is 2.06 bits per heavy atom. The lowest BCUT2D eigenvalue weighted by atomic mass is 10.1. The Morgan fingerprint density at radius 3 is 2.76 bits per heavy atom. The molecule has 0 fully saturated rings. The maximum atomic E-state index is 11.0. The Hall–Kier alpha value is -1.90. The number of hydrogen-bond acceptors (Lipinski definition) is 2. The highest BCUT2D eigenvalue weighted by Gasteiger charge is 2.10. The lowest BCUT2D eigenvalue weighted by Gasteiger charge is -2.13. The second-order valence-corrected chi connectivity index (χ2v) is 4.30. The summed E-state index contributed by atoms with van der Waals surface area (Å²) in [6.45, 7) is 5.52. The van der Waals surface area contributed by atoms with Crippen LogP contribution in [-0.4, -0.2) is 10.9 Å². The molecule has 1 N–H and O–H groups in total. The van der Waals surface area contributed by atoms with Gasteiger partial charge in [-0.15, -0.1) is 0 Å². The van der Waals surface area contributed by atoms with Crippen LogP contribution in [0.4, 0.5) is 0 Å². The van der Waals surface area contributed by atoms with Crippen LogP contribution in [0.25, 0.3) is 10.9 Å². The second kappa shape index (κ2) is 4.53. The van der Waals surface area contributed by atoms with Crippen molar-refractivity contribution in [2.24, 2.45) is 0 Å². The quantitative estimate of drug-likeness (QED) is 0.858. The maximum absolute atomic E-state index is 11.0.